The van der Waals surface area contributed by atoms with E-state index in [0.29, 0.717) is 5.56 Å². The normalized spacial score (nSPS) is 15.2. The molecule has 0 atom stereocenters. The van der Waals surface area contributed by atoms with Gasteiger partial charge >= 0.3 is 0 Å². The first-order valence-corrected chi connectivity index (χ1v) is 17.9. The van der Waals surface area contributed by atoms with Crippen molar-refractivity contribution in [3.8, 4) is 50.2 Å². The monoisotopic (exact) mass is 730 g/mol. The Hall–Kier alpha value is -7.42. The third-order valence-corrected chi connectivity index (χ3v) is 9.57. The molecule has 0 spiro atoms. The first kappa shape index (κ1) is 20.3. The van der Waals surface area contributed by atoms with E-state index in [-0.39, 0.29) is 22.5 Å². The Balaban J connectivity index is 1.23. The lowest BCUT2D eigenvalue weighted by atomic mass is 9.98. The highest BCUT2D eigenvalue weighted by molar-refractivity contribution is 6.10. The van der Waals surface area contributed by atoms with Crippen molar-refractivity contribution in [2.45, 2.75) is 0 Å². The molecule has 0 N–H and O–H groups in total. The Bertz CT molecular complexity index is 3820. The van der Waals surface area contributed by atoms with Gasteiger partial charge in [0.05, 0.1) is 33.0 Å². The van der Waals surface area contributed by atoms with Crippen LogP contribution in [-0.4, -0.2) is 4.57 Å². The number of anilines is 3. The highest BCUT2D eigenvalue weighted by Crippen LogP contribution is 2.40. The number of hydrogen-bond acceptors (Lipinski definition) is 1. The van der Waals surface area contributed by atoms with Crippen molar-refractivity contribution >= 4 is 38.9 Å². The fourth-order valence-corrected chi connectivity index (χ4v) is 6.95. The third-order valence-electron chi connectivity index (χ3n) is 9.57. The Morgan fingerprint density at radius 1 is 0.339 bits per heavy atom. The molecule has 10 aromatic rings. The molecule has 9 aromatic carbocycles. The van der Waals surface area contributed by atoms with E-state index < -0.39 is 119 Å². The summed E-state index contributed by atoms with van der Waals surface area (Å²) in [5.41, 5.74) is 1.97. The van der Waals surface area contributed by atoms with Crippen molar-refractivity contribution < 1.29 is 21.9 Å². The van der Waals surface area contributed by atoms with Crippen LogP contribution in [0.2, 0.25) is 0 Å². The Morgan fingerprint density at radius 2 is 0.964 bits per heavy atom. The Labute approximate surface area is 350 Å². The second kappa shape index (κ2) is 14.4. The predicted octanol–water partition coefficient (Wildman–Crippen LogP) is 14.9. The number of aromatic nitrogens is 1. The number of rotatable bonds is 8. The fourth-order valence-electron chi connectivity index (χ4n) is 6.95. The van der Waals surface area contributed by atoms with Crippen LogP contribution in [0, 0.1) is 0 Å². The van der Waals surface area contributed by atoms with E-state index in [9.17, 15) is 12.3 Å². The summed E-state index contributed by atoms with van der Waals surface area (Å²) in [6.45, 7) is 0. The van der Waals surface area contributed by atoms with E-state index in [1.807, 2.05) is 97.1 Å². The number of para-hydroxylation sites is 2. The minimum absolute atomic E-state index is 0.0349. The zero-order chi connectivity index (χ0) is 51.2. The molecule has 264 valence electrons. The molecule has 0 bridgehead atoms. The molecular weight excluding hydrogens is 677 g/mol. The maximum atomic E-state index is 9.94. The van der Waals surface area contributed by atoms with E-state index in [4.69, 9.17) is 9.60 Å². The topological polar surface area (TPSA) is 8.17 Å². The van der Waals surface area contributed by atoms with E-state index in [0.717, 1.165) is 44.7 Å². The molecule has 1 aromatic heterocycles. The first-order chi connectivity index (χ1) is 34.4. The van der Waals surface area contributed by atoms with Crippen LogP contribution in [0.4, 0.5) is 17.1 Å². The SMILES string of the molecule is [2H]c1cc(-c2c([2H])c([2H])c([2H])c([2H])c2[2H])c([2H])c(-c2c([2H])c([2H])c(N(c3ccc(-c4ccccc4)cc3)c3c([2H])c([2H])c([2H])c(-c4ccc5c(c4)c4ccccc4n5-c4ccccc4)c3[2H])c([2H])c2[2H])c1[2H]. The summed E-state index contributed by atoms with van der Waals surface area (Å²) in [5.74, 6) is 0. The molecule has 0 aliphatic carbocycles. The lowest BCUT2D eigenvalue weighted by Gasteiger charge is -2.26. The van der Waals surface area contributed by atoms with Crippen molar-refractivity contribution in [2.24, 2.45) is 0 Å². The number of hydrogen-bond donors (Lipinski definition) is 0. The molecule has 0 unspecified atom stereocenters. The molecule has 2 nitrogen and oxygen atoms in total. The zero-order valence-electron chi connectivity index (χ0n) is 45.6. The van der Waals surface area contributed by atoms with E-state index in [1.54, 1.807) is 30.3 Å². The second-order valence-corrected chi connectivity index (χ2v) is 12.9. The maximum Gasteiger partial charge on any atom is 0.0651 e. The second-order valence-electron chi connectivity index (χ2n) is 12.9. The van der Waals surface area contributed by atoms with Gasteiger partial charge in [0.2, 0.25) is 0 Å². The predicted molar refractivity (Wildman–Crippen MR) is 237 cm³/mol. The fraction of sp³-hybridized carbons (Fsp3) is 0. The van der Waals surface area contributed by atoms with Gasteiger partial charge < -0.3 is 9.47 Å². The largest absolute Gasteiger partial charge is 0.310 e. The maximum absolute atomic E-state index is 9.94. The molecule has 0 saturated carbocycles. The van der Waals surface area contributed by atoms with Crippen LogP contribution < -0.4 is 4.90 Å². The number of nitrogens with zero attached hydrogens (tertiary/aromatic N) is 2. The van der Waals surface area contributed by atoms with Crippen molar-refractivity contribution in [3.05, 3.63) is 230 Å². The molecule has 0 aliphatic rings. The van der Waals surface area contributed by atoms with E-state index in [2.05, 4.69) is 4.57 Å². The van der Waals surface area contributed by atoms with Gasteiger partial charge in [-0.3, -0.25) is 0 Å². The molecule has 0 saturated heterocycles. The molecular formula is C54H38N2. The molecule has 2 heteroatoms. The van der Waals surface area contributed by atoms with Crippen LogP contribution in [-0.2, 0) is 0 Å². The lowest BCUT2D eigenvalue weighted by molar-refractivity contribution is 1.18. The van der Waals surface area contributed by atoms with Crippen molar-refractivity contribution in [2.75, 3.05) is 4.90 Å². The summed E-state index contributed by atoms with van der Waals surface area (Å²) in [5, 5.41) is 1.66. The quantitative estimate of drug-likeness (QED) is 0.151. The Morgan fingerprint density at radius 3 is 1.77 bits per heavy atom. The van der Waals surface area contributed by atoms with Crippen LogP contribution in [0.15, 0.2) is 230 Å². The van der Waals surface area contributed by atoms with Gasteiger partial charge in [-0.2, -0.15) is 0 Å². The molecule has 0 fully saturated rings. The van der Waals surface area contributed by atoms with Crippen molar-refractivity contribution in [1.82, 2.24) is 4.57 Å². The summed E-state index contributed by atoms with van der Waals surface area (Å²) in [6, 6.07) is 29.5. The standard InChI is InChI=1S/C54H38N2/c1-4-14-39(15-5-1)41-26-31-48(32-27-41)55(49-33-28-42(29-34-49)44-19-12-18-43(36-44)40-16-6-2-7-17-40)50-23-13-20-45(37-50)46-30-35-54-52(38-46)51-24-10-11-25-53(51)56(54)47-21-8-3-9-22-47/h1-38H/i2D,6D,7D,12D,13D,16D,17D,19D,20D,23D,28D,29D,33D,34D,36D,37D. The molecule has 1 heterocycles. The summed E-state index contributed by atoms with van der Waals surface area (Å²) in [7, 11) is 0. The molecule has 0 radical (unpaired) electrons. The van der Waals surface area contributed by atoms with Gasteiger partial charge in [0.15, 0.2) is 0 Å². The number of fused-ring (bicyclic) bond motifs is 3. The van der Waals surface area contributed by atoms with E-state index >= 15 is 0 Å². The summed E-state index contributed by atoms with van der Waals surface area (Å²) < 4.78 is 147. The molecule has 0 amide bonds. The van der Waals surface area contributed by atoms with Gasteiger partial charge in [0.25, 0.3) is 0 Å². The van der Waals surface area contributed by atoms with Gasteiger partial charge in [0.1, 0.15) is 0 Å². The molecule has 10 rings (SSSR count). The van der Waals surface area contributed by atoms with Crippen LogP contribution >= 0.6 is 0 Å². The van der Waals surface area contributed by atoms with Crippen LogP contribution in [0.25, 0.3) is 72.0 Å². The summed E-state index contributed by atoms with van der Waals surface area (Å²) >= 11 is 0. The van der Waals surface area contributed by atoms with Crippen LogP contribution in [0.3, 0.4) is 0 Å². The van der Waals surface area contributed by atoms with Gasteiger partial charge in [-0.05, 0) is 117 Å². The van der Waals surface area contributed by atoms with Gasteiger partial charge in [-0.15, -0.1) is 0 Å². The third kappa shape index (κ3) is 6.24. The molecule has 0 aliphatic heterocycles. The highest BCUT2D eigenvalue weighted by Gasteiger charge is 2.17. The molecule has 56 heavy (non-hydrogen) atoms. The Kier molecular flexibility index (Phi) is 5.23. The van der Waals surface area contributed by atoms with Gasteiger partial charge in [-0.25, -0.2) is 0 Å². The van der Waals surface area contributed by atoms with Crippen LogP contribution in [0.1, 0.15) is 21.9 Å². The van der Waals surface area contributed by atoms with Crippen molar-refractivity contribution in [1.29, 1.82) is 0 Å². The van der Waals surface area contributed by atoms with Gasteiger partial charge in [-0.1, -0.05) is 157 Å². The average Bonchev–Trinajstić information content (AvgIpc) is 3.72. The minimum atomic E-state index is -0.793. The number of benzene rings is 9. The van der Waals surface area contributed by atoms with Gasteiger partial charge in [0, 0.05) is 33.5 Å². The minimum Gasteiger partial charge on any atom is -0.310 e. The highest BCUT2D eigenvalue weighted by atomic mass is 15.1. The lowest BCUT2D eigenvalue weighted by Crippen LogP contribution is -2.10. The average molecular weight is 731 g/mol. The first-order valence-electron chi connectivity index (χ1n) is 25.9. The summed E-state index contributed by atoms with van der Waals surface area (Å²) in [4.78, 5) is 1.19. The van der Waals surface area contributed by atoms with E-state index in [1.165, 1.54) is 4.90 Å². The smallest absolute Gasteiger partial charge is 0.0651 e. The zero-order valence-corrected chi connectivity index (χ0v) is 29.6. The summed E-state index contributed by atoms with van der Waals surface area (Å²) in [6.07, 6.45) is 0. The van der Waals surface area contributed by atoms with Crippen molar-refractivity contribution in [3.63, 3.8) is 0 Å². The van der Waals surface area contributed by atoms with Crippen LogP contribution in [0.5, 0.6) is 0 Å².